The van der Waals surface area contributed by atoms with Crippen molar-refractivity contribution in [3.05, 3.63) is 59.9 Å². The highest BCUT2D eigenvalue weighted by molar-refractivity contribution is 14.0. The molecule has 32 heavy (non-hydrogen) atoms. The summed E-state index contributed by atoms with van der Waals surface area (Å²) in [6.45, 7) is 6.78. The molecule has 1 heterocycles. The number of benzene rings is 2. The number of aliphatic imine (C=N–C) groups is 1. The Bertz CT molecular complexity index is 1160. The molecule has 0 aliphatic rings. The van der Waals surface area contributed by atoms with Gasteiger partial charge in [0.05, 0.1) is 22.5 Å². The predicted molar refractivity (Wildman–Crippen MR) is 140 cm³/mol. The molecule has 2 aromatic carbocycles. The maximum atomic E-state index is 12.0. The Labute approximate surface area is 207 Å². The highest BCUT2D eigenvalue weighted by Gasteiger charge is 2.11. The van der Waals surface area contributed by atoms with E-state index in [2.05, 4.69) is 36.0 Å². The SMILES string of the molecule is CCNC(=NCc1cccc(S(=O)(=O)NC)c1)NCCCn1c(C)nc2ccccc21.I. The lowest BCUT2D eigenvalue weighted by Gasteiger charge is -2.12. The van der Waals surface area contributed by atoms with Gasteiger partial charge in [-0.25, -0.2) is 23.1 Å². The van der Waals surface area contributed by atoms with E-state index in [1.54, 1.807) is 18.2 Å². The molecule has 0 spiro atoms. The molecule has 174 valence electrons. The first-order valence-corrected chi connectivity index (χ1v) is 11.9. The van der Waals surface area contributed by atoms with Gasteiger partial charge in [0.1, 0.15) is 5.82 Å². The summed E-state index contributed by atoms with van der Waals surface area (Å²) in [7, 11) is -2.06. The first-order chi connectivity index (χ1) is 14.9. The number of hydrogen-bond donors (Lipinski definition) is 3. The van der Waals surface area contributed by atoms with E-state index in [9.17, 15) is 8.42 Å². The maximum Gasteiger partial charge on any atom is 0.240 e. The Kier molecular flexibility index (Phi) is 9.91. The molecule has 8 nitrogen and oxygen atoms in total. The summed E-state index contributed by atoms with van der Waals surface area (Å²) in [6, 6.07) is 15.0. The van der Waals surface area contributed by atoms with Crippen molar-refractivity contribution in [3.8, 4) is 0 Å². The molecule has 0 radical (unpaired) electrons. The monoisotopic (exact) mass is 570 g/mol. The standard InChI is InChI=1S/C22H30N6O2S.HI/c1-4-24-22(26-16-18-9-7-10-19(15-18)31(29,30)23-3)25-13-8-14-28-17(2)27-20-11-5-6-12-21(20)28;/h5-7,9-12,15,23H,4,8,13-14,16H2,1-3H3,(H2,24,25,26);1H. The molecule has 0 atom stereocenters. The summed E-state index contributed by atoms with van der Waals surface area (Å²) < 4.78 is 28.6. The molecule has 0 fully saturated rings. The smallest absolute Gasteiger partial charge is 0.240 e. The number of hydrogen-bond acceptors (Lipinski definition) is 4. The van der Waals surface area contributed by atoms with Crippen molar-refractivity contribution in [2.75, 3.05) is 20.1 Å². The number of rotatable bonds is 9. The van der Waals surface area contributed by atoms with Crippen LogP contribution in [-0.4, -0.2) is 44.1 Å². The number of guanidine groups is 1. The zero-order valence-corrected chi connectivity index (χ0v) is 21.8. The molecule has 1 aromatic heterocycles. The van der Waals surface area contributed by atoms with E-state index in [4.69, 9.17) is 0 Å². The van der Waals surface area contributed by atoms with Crippen LogP contribution in [0.5, 0.6) is 0 Å². The predicted octanol–water partition coefficient (Wildman–Crippen LogP) is 3.02. The number of sulfonamides is 1. The molecule has 0 aliphatic carbocycles. The van der Waals surface area contributed by atoms with Gasteiger partial charge in [-0.05, 0) is 57.1 Å². The average molecular weight is 571 g/mol. The minimum Gasteiger partial charge on any atom is -0.357 e. The van der Waals surface area contributed by atoms with Crippen LogP contribution >= 0.6 is 24.0 Å². The molecule has 3 aromatic rings. The molecule has 0 saturated carbocycles. The normalized spacial score (nSPS) is 11.9. The third-order valence-electron chi connectivity index (χ3n) is 4.94. The molecular formula is C22H31IN6O2S. The van der Waals surface area contributed by atoms with Gasteiger partial charge in [0.15, 0.2) is 5.96 Å². The van der Waals surface area contributed by atoms with Gasteiger partial charge in [0.2, 0.25) is 10.0 Å². The molecule has 3 rings (SSSR count). The number of imidazole rings is 1. The molecular weight excluding hydrogens is 539 g/mol. The van der Waals surface area contributed by atoms with Gasteiger partial charge in [-0.3, -0.25) is 0 Å². The highest BCUT2D eigenvalue weighted by atomic mass is 127. The van der Waals surface area contributed by atoms with Crippen LogP contribution in [-0.2, 0) is 23.1 Å². The number of halogens is 1. The number of nitrogens with zero attached hydrogens (tertiary/aromatic N) is 3. The Morgan fingerprint density at radius 3 is 2.66 bits per heavy atom. The quantitative estimate of drug-likeness (QED) is 0.159. The number of aryl methyl sites for hydroxylation is 2. The zero-order chi connectivity index (χ0) is 22.3. The van der Waals surface area contributed by atoms with Crippen LogP contribution in [0.15, 0.2) is 58.4 Å². The number of para-hydroxylation sites is 2. The van der Waals surface area contributed by atoms with E-state index >= 15 is 0 Å². The molecule has 10 heteroatoms. The largest absolute Gasteiger partial charge is 0.357 e. The van der Waals surface area contributed by atoms with Crippen molar-refractivity contribution in [1.29, 1.82) is 0 Å². The fourth-order valence-electron chi connectivity index (χ4n) is 3.36. The van der Waals surface area contributed by atoms with Crippen LogP contribution in [0.1, 0.15) is 24.7 Å². The van der Waals surface area contributed by atoms with E-state index in [0.717, 1.165) is 48.5 Å². The van der Waals surface area contributed by atoms with Crippen LogP contribution in [0.4, 0.5) is 0 Å². The van der Waals surface area contributed by atoms with Crippen molar-refractivity contribution in [2.24, 2.45) is 4.99 Å². The summed E-state index contributed by atoms with van der Waals surface area (Å²) >= 11 is 0. The molecule has 0 aliphatic heterocycles. The molecule has 0 amide bonds. The second-order valence-electron chi connectivity index (χ2n) is 7.13. The second-order valence-corrected chi connectivity index (χ2v) is 9.02. The topological polar surface area (TPSA) is 100 Å². The number of aromatic nitrogens is 2. The van der Waals surface area contributed by atoms with E-state index in [0.29, 0.717) is 12.5 Å². The molecule has 0 saturated heterocycles. The highest BCUT2D eigenvalue weighted by Crippen LogP contribution is 2.15. The van der Waals surface area contributed by atoms with Crippen molar-refractivity contribution in [3.63, 3.8) is 0 Å². The van der Waals surface area contributed by atoms with Crippen LogP contribution in [0.25, 0.3) is 11.0 Å². The lowest BCUT2D eigenvalue weighted by molar-refractivity contribution is 0.588. The van der Waals surface area contributed by atoms with E-state index < -0.39 is 10.0 Å². The molecule has 3 N–H and O–H groups in total. The number of nitrogens with one attached hydrogen (secondary N) is 3. The number of fused-ring (bicyclic) bond motifs is 1. The van der Waals surface area contributed by atoms with Crippen molar-refractivity contribution >= 4 is 51.0 Å². The second kappa shape index (κ2) is 12.2. The minimum atomic E-state index is -3.47. The Balaban J connectivity index is 0.00000363. The van der Waals surface area contributed by atoms with Crippen LogP contribution in [0.3, 0.4) is 0 Å². The fraction of sp³-hybridized carbons (Fsp3) is 0.364. The zero-order valence-electron chi connectivity index (χ0n) is 18.6. The average Bonchev–Trinajstić information content (AvgIpc) is 3.10. The van der Waals surface area contributed by atoms with Crippen LogP contribution in [0, 0.1) is 6.92 Å². The third-order valence-corrected chi connectivity index (χ3v) is 6.35. The third kappa shape index (κ3) is 6.66. The minimum absolute atomic E-state index is 0. The summed E-state index contributed by atoms with van der Waals surface area (Å²) in [6.07, 6.45) is 0.918. The van der Waals surface area contributed by atoms with Gasteiger partial charge >= 0.3 is 0 Å². The van der Waals surface area contributed by atoms with E-state index in [1.165, 1.54) is 7.05 Å². The fourth-order valence-corrected chi connectivity index (χ4v) is 4.16. The van der Waals surface area contributed by atoms with Gasteiger partial charge in [0.25, 0.3) is 0 Å². The van der Waals surface area contributed by atoms with Gasteiger partial charge in [0, 0.05) is 19.6 Å². The van der Waals surface area contributed by atoms with Crippen LogP contribution < -0.4 is 15.4 Å². The van der Waals surface area contributed by atoms with E-state index in [-0.39, 0.29) is 28.9 Å². The Morgan fingerprint density at radius 1 is 1.12 bits per heavy atom. The lowest BCUT2D eigenvalue weighted by Crippen LogP contribution is -2.38. The van der Waals surface area contributed by atoms with Gasteiger partial charge in [-0.15, -0.1) is 24.0 Å². The Hall–Kier alpha value is -2.18. The van der Waals surface area contributed by atoms with Gasteiger partial charge in [-0.2, -0.15) is 0 Å². The van der Waals surface area contributed by atoms with Crippen LogP contribution in [0.2, 0.25) is 0 Å². The van der Waals surface area contributed by atoms with E-state index in [1.807, 2.05) is 38.1 Å². The summed E-state index contributed by atoms with van der Waals surface area (Å²) in [5, 5.41) is 6.58. The summed E-state index contributed by atoms with van der Waals surface area (Å²) in [5.41, 5.74) is 3.00. The maximum absolute atomic E-state index is 12.0. The summed E-state index contributed by atoms with van der Waals surface area (Å²) in [5.74, 6) is 1.72. The van der Waals surface area contributed by atoms with Crippen molar-refractivity contribution in [1.82, 2.24) is 24.9 Å². The van der Waals surface area contributed by atoms with Gasteiger partial charge in [-0.1, -0.05) is 24.3 Å². The lowest BCUT2D eigenvalue weighted by atomic mass is 10.2. The molecule has 0 unspecified atom stereocenters. The van der Waals surface area contributed by atoms with Crippen molar-refractivity contribution < 1.29 is 8.42 Å². The first kappa shape index (κ1) is 26.1. The molecule has 0 bridgehead atoms. The van der Waals surface area contributed by atoms with Gasteiger partial charge < -0.3 is 15.2 Å². The first-order valence-electron chi connectivity index (χ1n) is 10.4. The Morgan fingerprint density at radius 2 is 1.91 bits per heavy atom. The summed E-state index contributed by atoms with van der Waals surface area (Å²) in [4.78, 5) is 9.44. The van der Waals surface area contributed by atoms with Crippen molar-refractivity contribution in [2.45, 2.75) is 38.3 Å².